The van der Waals surface area contributed by atoms with Gasteiger partial charge in [0.2, 0.25) is 0 Å². The van der Waals surface area contributed by atoms with Gasteiger partial charge < -0.3 is 0 Å². The van der Waals surface area contributed by atoms with Gasteiger partial charge in [-0.3, -0.25) is 0 Å². The van der Waals surface area contributed by atoms with Crippen LogP contribution in [0, 0.1) is 5.41 Å². The average molecular weight is 153 g/mol. The second-order valence-electron chi connectivity index (χ2n) is 3.71. The Kier molecular flexibility index (Phi) is 4.87. The van der Waals surface area contributed by atoms with Gasteiger partial charge in [-0.2, -0.15) is 0 Å². The quantitative estimate of drug-likeness (QED) is 0.527. The van der Waals surface area contributed by atoms with Crippen LogP contribution in [0.15, 0.2) is 0 Å². The van der Waals surface area contributed by atoms with Gasteiger partial charge in [0.1, 0.15) is 7.28 Å². The Bertz CT molecular complexity index is 91.0. The summed E-state index contributed by atoms with van der Waals surface area (Å²) in [7, 11) is 2.37. The van der Waals surface area contributed by atoms with Gasteiger partial charge in [0.15, 0.2) is 0 Å². The van der Waals surface area contributed by atoms with E-state index in [9.17, 15) is 0 Å². The lowest BCUT2D eigenvalue weighted by atomic mass is 9.52. The fraction of sp³-hybridized carbons (Fsp3) is 1.00. The maximum absolute atomic E-state index is 2.40. The normalized spacial score (nSPS) is 14.6. The van der Waals surface area contributed by atoms with E-state index in [2.05, 4.69) is 41.8 Å². The molecule has 0 fully saturated rings. The molecule has 0 aliphatic heterocycles. The highest BCUT2D eigenvalue weighted by atomic mass is 14.3. The van der Waals surface area contributed by atoms with E-state index in [1.54, 1.807) is 0 Å². The monoisotopic (exact) mass is 153 g/mol. The van der Waals surface area contributed by atoms with E-state index in [0.29, 0.717) is 5.41 Å². The lowest BCUT2D eigenvalue weighted by molar-refractivity contribution is 0.269. The Balaban J connectivity index is 4.19. The van der Waals surface area contributed by atoms with E-state index in [1.807, 2.05) is 0 Å². The number of rotatable bonds is 5. The molecule has 0 rings (SSSR count). The summed E-state index contributed by atoms with van der Waals surface area (Å²) in [6, 6.07) is 0. The predicted octanol–water partition coefficient (Wildman–Crippen LogP) is 3.76. The lowest BCUT2D eigenvalue weighted by Gasteiger charge is -2.35. The third-order valence-corrected chi connectivity index (χ3v) is 3.35. The van der Waals surface area contributed by atoms with Crippen molar-refractivity contribution in [1.82, 2.24) is 0 Å². The average Bonchev–Trinajstić information content (AvgIpc) is 2.06. The first-order valence-corrected chi connectivity index (χ1v) is 4.94. The van der Waals surface area contributed by atoms with E-state index in [4.69, 9.17) is 0 Å². The second kappa shape index (κ2) is 4.85. The Labute approximate surface area is 73.0 Å². The molecule has 0 nitrogen and oxygen atoms in total. The molecule has 1 atom stereocenters. The Morgan fingerprint density at radius 2 is 1.64 bits per heavy atom. The molecule has 0 saturated heterocycles. The minimum absolute atomic E-state index is 0.545. The van der Waals surface area contributed by atoms with Crippen LogP contribution in [-0.4, -0.2) is 7.28 Å². The highest BCUT2D eigenvalue weighted by molar-refractivity contribution is 6.35. The minimum atomic E-state index is 0.545. The van der Waals surface area contributed by atoms with Crippen molar-refractivity contribution in [1.29, 1.82) is 0 Å². The van der Waals surface area contributed by atoms with E-state index in [-0.39, 0.29) is 0 Å². The summed E-state index contributed by atoms with van der Waals surface area (Å²) in [5, 5.41) is 0. The third kappa shape index (κ3) is 2.54. The van der Waals surface area contributed by atoms with Gasteiger partial charge in [-0.15, -0.1) is 0 Å². The van der Waals surface area contributed by atoms with Gasteiger partial charge in [0, 0.05) is 0 Å². The van der Waals surface area contributed by atoms with Crippen LogP contribution in [0.25, 0.3) is 0 Å². The summed E-state index contributed by atoms with van der Waals surface area (Å²) >= 11 is 0. The Morgan fingerprint density at radius 1 is 1.18 bits per heavy atom. The molecule has 65 valence electrons. The van der Waals surface area contributed by atoms with Gasteiger partial charge in [-0.05, 0) is 5.41 Å². The summed E-state index contributed by atoms with van der Waals surface area (Å²) < 4.78 is 0. The van der Waals surface area contributed by atoms with E-state index in [1.165, 1.54) is 19.3 Å². The minimum Gasteiger partial charge on any atom is -0.0917 e. The van der Waals surface area contributed by atoms with Crippen LogP contribution in [0.4, 0.5) is 0 Å². The third-order valence-electron chi connectivity index (χ3n) is 3.35. The standard InChI is InChI=1S/C10H22B/c1-6-9(11-5)10(4,7-2)8-3/h9H,6-8H2,1-5H3. The van der Waals surface area contributed by atoms with Crippen LogP contribution >= 0.6 is 0 Å². The Morgan fingerprint density at radius 3 is 1.73 bits per heavy atom. The van der Waals surface area contributed by atoms with Crippen LogP contribution < -0.4 is 0 Å². The molecule has 0 aromatic heterocycles. The van der Waals surface area contributed by atoms with E-state index in [0.717, 1.165) is 5.82 Å². The molecule has 1 heteroatoms. The summed E-state index contributed by atoms with van der Waals surface area (Å²) in [5.74, 6) is 0.803. The molecule has 0 N–H and O–H groups in total. The highest BCUT2D eigenvalue weighted by Crippen LogP contribution is 2.40. The second-order valence-corrected chi connectivity index (χ2v) is 3.71. The maximum atomic E-state index is 2.40. The molecular weight excluding hydrogens is 131 g/mol. The van der Waals surface area contributed by atoms with Crippen molar-refractivity contribution in [3.8, 4) is 0 Å². The van der Waals surface area contributed by atoms with Crippen molar-refractivity contribution >= 4 is 7.28 Å². The molecule has 1 unspecified atom stereocenters. The van der Waals surface area contributed by atoms with Crippen LogP contribution in [0.5, 0.6) is 0 Å². The van der Waals surface area contributed by atoms with Crippen LogP contribution in [0.2, 0.25) is 12.6 Å². The zero-order valence-corrected chi connectivity index (χ0v) is 8.78. The lowest BCUT2D eigenvalue weighted by Crippen LogP contribution is -2.24. The molecule has 0 aromatic carbocycles. The first-order chi connectivity index (χ1) is 5.14. The van der Waals surface area contributed by atoms with Crippen LogP contribution in [0.3, 0.4) is 0 Å². The van der Waals surface area contributed by atoms with Crippen molar-refractivity contribution in [3.63, 3.8) is 0 Å². The van der Waals surface area contributed by atoms with Crippen LogP contribution in [0.1, 0.15) is 47.0 Å². The predicted molar refractivity (Wildman–Crippen MR) is 54.3 cm³/mol. The molecule has 0 saturated carbocycles. The van der Waals surface area contributed by atoms with Crippen molar-refractivity contribution < 1.29 is 0 Å². The van der Waals surface area contributed by atoms with Gasteiger partial charge >= 0.3 is 0 Å². The van der Waals surface area contributed by atoms with Crippen molar-refractivity contribution in [3.05, 3.63) is 0 Å². The topological polar surface area (TPSA) is 0 Å². The van der Waals surface area contributed by atoms with Crippen LogP contribution in [-0.2, 0) is 0 Å². The Hall–Kier alpha value is 0.0649. The zero-order valence-electron chi connectivity index (χ0n) is 8.78. The summed E-state index contributed by atoms with van der Waals surface area (Å²) in [5.41, 5.74) is 0.545. The molecule has 0 aliphatic carbocycles. The summed E-state index contributed by atoms with van der Waals surface area (Å²) in [6.07, 6.45) is 3.88. The molecule has 0 spiro atoms. The summed E-state index contributed by atoms with van der Waals surface area (Å²) in [4.78, 5) is 0. The van der Waals surface area contributed by atoms with Crippen molar-refractivity contribution in [2.45, 2.75) is 59.6 Å². The van der Waals surface area contributed by atoms with E-state index < -0.39 is 0 Å². The SMILES string of the molecule is C[B]C(CC)C(C)(CC)CC. The zero-order chi connectivity index (χ0) is 8.91. The largest absolute Gasteiger partial charge is 0.110 e. The molecule has 0 aliphatic rings. The van der Waals surface area contributed by atoms with Gasteiger partial charge in [-0.1, -0.05) is 59.6 Å². The van der Waals surface area contributed by atoms with E-state index >= 15 is 0 Å². The first-order valence-electron chi connectivity index (χ1n) is 4.94. The smallest absolute Gasteiger partial charge is 0.0917 e. The fourth-order valence-corrected chi connectivity index (χ4v) is 1.91. The maximum Gasteiger partial charge on any atom is 0.110 e. The molecule has 11 heavy (non-hydrogen) atoms. The fourth-order valence-electron chi connectivity index (χ4n) is 1.91. The van der Waals surface area contributed by atoms with Gasteiger partial charge in [0.05, 0.1) is 0 Å². The van der Waals surface area contributed by atoms with Crippen molar-refractivity contribution in [2.24, 2.45) is 5.41 Å². The molecule has 0 heterocycles. The number of hydrogen-bond acceptors (Lipinski definition) is 0. The number of hydrogen-bond donors (Lipinski definition) is 0. The van der Waals surface area contributed by atoms with Gasteiger partial charge in [0.25, 0.3) is 0 Å². The summed E-state index contributed by atoms with van der Waals surface area (Å²) in [6.45, 7) is 11.5. The molecule has 1 radical (unpaired) electrons. The highest BCUT2D eigenvalue weighted by Gasteiger charge is 2.27. The molecular formula is C10H22B. The molecule has 0 aromatic rings. The first kappa shape index (κ1) is 11.1. The van der Waals surface area contributed by atoms with Gasteiger partial charge in [-0.25, -0.2) is 0 Å². The van der Waals surface area contributed by atoms with Crippen molar-refractivity contribution in [2.75, 3.05) is 0 Å². The molecule has 0 bridgehead atoms. The molecule has 0 amide bonds.